The lowest BCUT2D eigenvalue weighted by molar-refractivity contribution is -0.385. The first-order valence-electron chi connectivity index (χ1n) is 9.41. The van der Waals surface area contributed by atoms with Gasteiger partial charge in [0.2, 0.25) is 10.0 Å². The first-order valence-corrected chi connectivity index (χ1v) is 10.8. The van der Waals surface area contributed by atoms with Crippen LogP contribution in [0, 0.1) is 10.1 Å². The summed E-state index contributed by atoms with van der Waals surface area (Å²) in [6.07, 6.45) is 8.28. The van der Waals surface area contributed by atoms with Crippen molar-refractivity contribution in [2.45, 2.75) is 24.3 Å². The normalized spacial score (nSPS) is 14.7. The van der Waals surface area contributed by atoms with E-state index in [2.05, 4.69) is 15.3 Å². The molecule has 0 spiro atoms. The lowest BCUT2D eigenvalue weighted by Gasteiger charge is -2.19. The van der Waals surface area contributed by atoms with Gasteiger partial charge in [-0.2, -0.15) is 4.31 Å². The third-order valence-electron chi connectivity index (χ3n) is 4.92. The van der Waals surface area contributed by atoms with Crippen LogP contribution < -0.4 is 5.32 Å². The van der Waals surface area contributed by atoms with Crippen LogP contribution in [0.25, 0.3) is 5.82 Å². The van der Waals surface area contributed by atoms with E-state index in [4.69, 9.17) is 0 Å². The Morgan fingerprint density at radius 2 is 1.93 bits per heavy atom. The molecule has 2 aromatic heterocycles. The maximum Gasteiger partial charge on any atom is 0.270 e. The molecule has 0 atom stereocenters. The van der Waals surface area contributed by atoms with Crippen LogP contribution in [-0.2, 0) is 16.6 Å². The van der Waals surface area contributed by atoms with Crippen LogP contribution in [0.2, 0.25) is 0 Å². The fourth-order valence-corrected chi connectivity index (χ4v) is 5.06. The number of sulfonamides is 1. The number of nitro benzene ring substituents is 1. The van der Waals surface area contributed by atoms with Gasteiger partial charge in [0.15, 0.2) is 0 Å². The molecule has 1 saturated heterocycles. The average Bonchev–Trinajstić information content (AvgIpc) is 3.47. The predicted molar refractivity (Wildman–Crippen MR) is 110 cm³/mol. The Bertz CT molecular complexity index is 1160. The molecule has 0 bridgehead atoms. The van der Waals surface area contributed by atoms with Gasteiger partial charge in [-0.1, -0.05) is 0 Å². The van der Waals surface area contributed by atoms with Gasteiger partial charge in [-0.05, 0) is 36.6 Å². The van der Waals surface area contributed by atoms with Crippen molar-refractivity contribution in [1.82, 2.24) is 18.8 Å². The molecular formula is C19H20N6O4S. The molecule has 0 saturated carbocycles. The third-order valence-corrected chi connectivity index (χ3v) is 6.86. The van der Waals surface area contributed by atoms with Gasteiger partial charge in [-0.25, -0.2) is 18.4 Å². The second-order valence-corrected chi connectivity index (χ2v) is 8.80. The summed E-state index contributed by atoms with van der Waals surface area (Å²) in [6, 6.07) is 7.54. The minimum absolute atomic E-state index is 0.0810. The van der Waals surface area contributed by atoms with Gasteiger partial charge in [-0.15, -0.1) is 0 Å². The topological polar surface area (TPSA) is 123 Å². The second kappa shape index (κ2) is 8.20. The van der Waals surface area contributed by atoms with Crippen molar-refractivity contribution in [3.8, 4) is 5.82 Å². The van der Waals surface area contributed by atoms with Crippen molar-refractivity contribution in [3.63, 3.8) is 0 Å². The third kappa shape index (κ3) is 4.02. The zero-order valence-corrected chi connectivity index (χ0v) is 16.8. The van der Waals surface area contributed by atoms with Crippen LogP contribution >= 0.6 is 0 Å². The highest BCUT2D eigenvalue weighted by atomic mass is 32.2. The van der Waals surface area contributed by atoms with E-state index < -0.39 is 14.9 Å². The lowest BCUT2D eigenvalue weighted by Crippen LogP contribution is -2.28. The number of hydrogen-bond donors (Lipinski definition) is 1. The number of aromatic nitrogens is 3. The number of imidazole rings is 1. The van der Waals surface area contributed by atoms with E-state index in [1.807, 2.05) is 12.1 Å². The van der Waals surface area contributed by atoms with E-state index in [1.165, 1.54) is 16.4 Å². The van der Waals surface area contributed by atoms with Crippen LogP contribution in [-0.4, -0.2) is 45.3 Å². The first kappa shape index (κ1) is 20.0. The molecule has 11 heteroatoms. The zero-order valence-electron chi connectivity index (χ0n) is 16.0. The molecule has 1 aromatic carbocycles. The Balaban J connectivity index is 1.63. The molecule has 4 rings (SSSR count). The van der Waals surface area contributed by atoms with E-state index in [0.29, 0.717) is 31.1 Å². The number of non-ortho nitro benzene ring substituents is 1. The van der Waals surface area contributed by atoms with Gasteiger partial charge in [0.25, 0.3) is 5.69 Å². The summed E-state index contributed by atoms with van der Waals surface area (Å²) < 4.78 is 29.3. The molecular weight excluding hydrogens is 408 g/mol. The van der Waals surface area contributed by atoms with Gasteiger partial charge in [0.1, 0.15) is 17.0 Å². The van der Waals surface area contributed by atoms with Crippen molar-refractivity contribution in [2.24, 2.45) is 0 Å². The van der Waals surface area contributed by atoms with Crippen LogP contribution in [0.1, 0.15) is 18.4 Å². The van der Waals surface area contributed by atoms with E-state index >= 15 is 0 Å². The molecule has 156 valence electrons. The first-order chi connectivity index (χ1) is 14.4. The number of nitrogens with one attached hydrogen (secondary N) is 1. The molecule has 1 aliphatic rings. The van der Waals surface area contributed by atoms with Crippen molar-refractivity contribution >= 4 is 21.4 Å². The van der Waals surface area contributed by atoms with E-state index in [1.54, 1.807) is 29.5 Å². The Kier molecular flexibility index (Phi) is 5.46. The summed E-state index contributed by atoms with van der Waals surface area (Å²) in [7, 11) is -3.83. The molecule has 10 nitrogen and oxygen atoms in total. The molecule has 0 radical (unpaired) electrons. The fourth-order valence-electron chi connectivity index (χ4n) is 3.36. The minimum atomic E-state index is -3.83. The summed E-state index contributed by atoms with van der Waals surface area (Å²) in [5.41, 5.74) is 0.940. The largest absolute Gasteiger partial charge is 0.380 e. The SMILES string of the molecule is O=[N+]([O-])c1ccc(NCc2ccnc(-n3ccnc3)c2)c(S(=O)(=O)N2CCCC2)c1. The monoisotopic (exact) mass is 428 g/mol. The predicted octanol–water partition coefficient (Wildman–Crippen LogP) is 2.57. The van der Waals surface area contributed by atoms with Gasteiger partial charge < -0.3 is 5.32 Å². The van der Waals surface area contributed by atoms with Crippen LogP contribution in [0.15, 0.2) is 60.1 Å². The lowest BCUT2D eigenvalue weighted by atomic mass is 10.2. The van der Waals surface area contributed by atoms with Gasteiger partial charge in [0.05, 0.1) is 10.6 Å². The highest BCUT2D eigenvalue weighted by Crippen LogP contribution is 2.31. The Morgan fingerprint density at radius 1 is 1.13 bits per heavy atom. The summed E-state index contributed by atoms with van der Waals surface area (Å²) in [4.78, 5) is 18.8. The van der Waals surface area contributed by atoms with Crippen molar-refractivity contribution in [1.29, 1.82) is 0 Å². The molecule has 0 aliphatic carbocycles. The summed E-state index contributed by atoms with van der Waals surface area (Å²) in [6.45, 7) is 1.16. The summed E-state index contributed by atoms with van der Waals surface area (Å²) >= 11 is 0. The molecule has 1 aliphatic heterocycles. The Hall–Kier alpha value is -3.31. The van der Waals surface area contributed by atoms with E-state index in [0.717, 1.165) is 24.5 Å². The molecule has 0 amide bonds. The smallest absolute Gasteiger partial charge is 0.270 e. The summed E-state index contributed by atoms with van der Waals surface area (Å²) in [5.74, 6) is 0.681. The van der Waals surface area contributed by atoms with Crippen LogP contribution in [0.5, 0.6) is 0 Å². The van der Waals surface area contributed by atoms with E-state index in [9.17, 15) is 18.5 Å². The maximum atomic E-state index is 13.1. The number of rotatable bonds is 7. The number of hydrogen-bond acceptors (Lipinski definition) is 7. The van der Waals surface area contributed by atoms with Crippen molar-refractivity contribution < 1.29 is 13.3 Å². The number of nitro groups is 1. The fraction of sp³-hybridized carbons (Fsp3) is 0.263. The number of anilines is 1. The number of benzene rings is 1. The second-order valence-electron chi connectivity index (χ2n) is 6.89. The Labute approximate surface area is 173 Å². The van der Waals surface area contributed by atoms with Gasteiger partial charge in [0, 0.05) is 50.4 Å². The van der Waals surface area contributed by atoms with Crippen molar-refractivity contribution in [2.75, 3.05) is 18.4 Å². The maximum absolute atomic E-state index is 13.1. The zero-order chi connectivity index (χ0) is 21.1. The van der Waals surface area contributed by atoms with Crippen molar-refractivity contribution in [3.05, 3.63) is 70.9 Å². The van der Waals surface area contributed by atoms with Gasteiger partial charge >= 0.3 is 0 Å². The standard InChI is InChI=1S/C19H20N6O4S/c26-25(27)16-3-4-17(18(12-16)30(28,29)24-8-1-2-9-24)22-13-15-5-6-21-19(11-15)23-10-7-20-14-23/h3-7,10-12,14,22H,1-2,8-9,13H2. The Morgan fingerprint density at radius 3 is 2.63 bits per heavy atom. The quantitative estimate of drug-likeness (QED) is 0.453. The highest BCUT2D eigenvalue weighted by molar-refractivity contribution is 7.89. The molecule has 0 unspecified atom stereocenters. The highest BCUT2D eigenvalue weighted by Gasteiger charge is 2.30. The molecule has 1 N–H and O–H groups in total. The molecule has 3 aromatic rings. The number of nitrogens with zero attached hydrogens (tertiary/aromatic N) is 5. The van der Waals surface area contributed by atoms with E-state index in [-0.39, 0.29) is 10.6 Å². The molecule has 1 fully saturated rings. The summed E-state index contributed by atoms with van der Waals surface area (Å²) in [5, 5.41) is 14.3. The average molecular weight is 428 g/mol. The molecule has 3 heterocycles. The van der Waals surface area contributed by atoms with Crippen LogP contribution in [0.3, 0.4) is 0 Å². The van der Waals surface area contributed by atoms with Crippen LogP contribution in [0.4, 0.5) is 11.4 Å². The van der Waals surface area contributed by atoms with Gasteiger partial charge in [-0.3, -0.25) is 14.7 Å². The molecule has 30 heavy (non-hydrogen) atoms. The number of pyridine rings is 1. The minimum Gasteiger partial charge on any atom is -0.380 e.